The van der Waals surface area contributed by atoms with Crippen LogP contribution in [0, 0.1) is 0 Å². The molecule has 1 heterocycles. The molecule has 29 heavy (non-hydrogen) atoms. The first-order chi connectivity index (χ1) is 13.5. The number of aromatic nitrogens is 2. The first-order valence-electron chi connectivity index (χ1n) is 8.84. The van der Waals surface area contributed by atoms with E-state index in [1.807, 2.05) is 0 Å². The van der Waals surface area contributed by atoms with Gasteiger partial charge in [0.2, 0.25) is 16.8 Å². The average Bonchev–Trinajstić information content (AvgIpc) is 3.01. The minimum atomic E-state index is -2.75. The lowest BCUT2D eigenvalue weighted by Crippen LogP contribution is -2.36. The van der Waals surface area contributed by atoms with Gasteiger partial charge in [-0.1, -0.05) is 12.1 Å². The van der Waals surface area contributed by atoms with Gasteiger partial charge in [0.05, 0.1) is 18.2 Å². The Labute approximate surface area is 170 Å². The van der Waals surface area contributed by atoms with Crippen molar-refractivity contribution in [3.05, 3.63) is 47.5 Å². The number of nitrogens with one attached hydrogen (secondary N) is 3. The molecular formula is C18H25N5O5S. The second-order valence-corrected chi connectivity index (χ2v) is 8.13. The number of alkyl carbamates (subject to hydrolysis) is 1. The first-order valence-corrected chi connectivity index (χ1v) is 10.0. The smallest absolute Gasteiger partial charge is 0.408 e. The molecule has 0 aliphatic heterocycles. The number of H-pyrrole nitrogens is 1. The normalized spacial score (nSPS) is 12.4. The summed E-state index contributed by atoms with van der Waals surface area (Å²) in [6.45, 7) is 5.27. The largest absolute Gasteiger partial charge is 0.444 e. The van der Waals surface area contributed by atoms with E-state index in [1.54, 1.807) is 51.2 Å². The van der Waals surface area contributed by atoms with Crippen LogP contribution < -0.4 is 15.8 Å². The highest BCUT2D eigenvalue weighted by atomic mass is 32.2. The molecule has 0 spiro atoms. The number of hydrogen-bond acceptors (Lipinski definition) is 6. The molecule has 0 saturated carbocycles. The molecule has 158 valence electrons. The van der Waals surface area contributed by atoms with Gasteiger partial charge in [0.25, 0.3) is 0 Å². The fourth-order valence-electron chi connectivity index (χ4n) is 2.55. The monoisotopic (exact) mass is 423 g/mol. The van der Waals surface area contributed by atoms with Gasteiger partial charge in [-0.25, -0.2) is 18.2 Å². The molecule has 1 aromatic heterocycles. The van der Waals surface area contributed by atoms with Crippen LogP contribution >= 0.6 is 0 Å². The van der Waals surface area contributed by atoms with Gasteiger partial charge >= 0.3 is 6.09 Å². The Bertz CT molecular complexity index is 923. The van der Waals surface area contributed by atoms with E-state index < -0.39 is 34.5 Å². The third-order valence-electron chi connectivity index (χ3n) is 3.64. The highest BCUT2D eigenvalue weighted by molar-refractivity contribution is 7.73. The zero-order valence-electron chi connectivity index (χ0n) is 16.4. The molecule has 2 amide bonds. The predicted octanol–water partition coefficient (Wildman–Crippen LogP) is 1.18. The van der Waals surface area contributed by atoms with Gasteiger partial charge in [0, 0.05) is 18.3 Å². The maximum absolute atomic E-state index is 12.3. The molecule has 2 rings (SSSR count). The van der Waals surface area contributed by atoms with Crippen molar-refractivity contribution in [2.24, 2.45) is 5.73 Å². The third-order valence-corrected chi connectivity index (χ3v) is 4.08. The van der Waals surface area contributed by atoms with E-state index >= 15 is 0 Å². The van der Waals surface area contributed by atoms with Crippen molar-refractivity contribution in [2.75, 3.05) is 4.72 Å². The summed E-state index contributed by atoms with van der Waals surface area (Å²) in [7, 11) is -2.75. The Morgan fingerprint density at radius 3 is 2.45 bits per heavy atom. The molecule has 0 saturated heterocycles. The molecule has 0 radical (unpaired) electrons. The number of rotatable bonds is 8. The fourth-order valence-corrected chi connectivity index (χ4v) is 2.91. The van der Waals surface area contributed by atoms with Gasteiger partial charge in [0.1, 0.15) is 11.4 Å². The maximum atomic E-state index is 12.3. The van der Waals surface area contributed by atoms with E-state index in [9.17, 15) is 18.0 Å². The number of aromatic amines is 1. The SMILES string of the molecule is CC(C)(C)OC(=O)N[C@@H](Cc1ccc(N[SH](=O)=O)cc1)c1nc(CC(N)=O)c[nH]1. The van der Waals surface area contributed by atoms with Crippen molar-refractivity contribution < 1.29 is 22.7 Å². The second kappa shape index (κ2) is 9.41. The zero-order valence-corrected chi connectivity index (χ0v) is 17.3. The van der Waals surface area contributed by atoms with Crippen LogP contribution in [0.3, 0.4) is 0 Å². The first kappa shape index (κ1) is 22.2. The lowest BCUT2D eigenvalue weighted by atomic mass is 10.1. The average molecular weight is 423 g/mol. The Kier molecular flexibility index (Phi) is 7.21. The van der Waals surface area contributed by atoms with E-state index in [-0.39, 0.29) is 6.42 Å². The highest BCUT2D eigenvalue weighted by Gasteiger charge is 2.23. The summed E-state index contributed by atoms with van der Waals surface area (Å²) in [6.07, 6.45) is 1.27. The zero-order chi connectivity index (χ0) is 21.6. The molecule has 1 aromatic carbocycles. The van der Waals surface area contributed by atoms with Crippen LogP contribution in [0.25, 0.3) is 0 Å². The van der Waals surface area contributed by atoms with E-state index in [4.69, 9.17) is 10.5 Å². The number of nitrogens with zero attached hydrogens (tertiary/aromatic N) is 1. The van der Waals surface area contributed by atoms with Gasteiger partial charge in [-0.2, -0.15) is 0 Å². The van der Waals surface area contributed by atoms with Crippen LogP contribution in [0.1, 0.15) is 43.9 Å². The van der Waals surface area contributed by atoms with Gasteiger partial charge in [-0.15, -0.1) is 0 Å². The number of imidazole rings is 1. The number of anilines is 1. The molecule has 0 aliphatic carbocycles. The summed E-state index contributed by atoms with van der Waals surface area (Å²) in [5.41, 5.74) is 6.25. The third kappa shape index (κ3) is 7.82. The molecule has 0 fully saturated rings. The maximum Gasteiger partial charge on any atom is 0.408 e. The van der Waals surface area contributed by atoms with E-state index in [0.29, 0.717) is 23.6 Å². The summed E-state index contributed by atoms with van der Waals surface area (Å²) in [5.74, 6) is -0.0727. The van der Waals surface area contributed by atoms with Crippen LogP contribution in [0.4, 0.5) is 10.5 Å². The minimum Gasteiger partial charge on any atom is -0.444 e. The van der Waals surface area contributed by atoms with Crippen LogP contribution in [0.15, 0.2) is 30.5 Å². The lowest BCUT2D eigenvalue weighted by molar-refractivity contribution is -0.117. The van der Waals surface area contributed by atoms with Crippen LogP contribution in [-0.4, -0.2) is 36.0 Å². The molecule has 0 unspecified atom stereocenters. The van der Waals surface area contributed by atoms with Crippen molar-refractivity contribution in [3.63, 3.8) is 0 Å². The summed E-state index contributed by atoms with van der Waals surface area (Å²) < 4.78 is 29.1. The standard InChI is InChI=1S/C18H25N5O5S/c1-18(2,3)28-17(25)22-14(16-20-10-13(21-16)9-15(19)24)8-11-4-6-12(7-5-11)23-29(26)27/h4-7,10,14,29H,8-9H2,1-3H3,(H2,19,24)(H,20,21)(H,22,25)(H,23,26,27)/t14-/m0/s1. The molecule has 1 atom stereocenters. The van der Waals surface area contributed by atoms with Crippen LogP contribution in [-0.2, 0) is 33.3 Å². The Morgan fingerprint density at radius 1 is 1.24 bits per heavy atom. The van der Waals surface area contributed by atoms with Crippen molar-refractivity contribution in [3.8, 4) is 0 Å². The topological polar surface area (TPSA) is 156 Å². The summed E-state index contributed by atoms with van der Waals surface area (Å²) in [4.78, 5) is 30.7. The molecule has 2 aromatic rings. The Morgan fingerprint density at radius 2 is 1.90 bits per heavy atom. The number of benzene rings is 1. The van der Waals surface area contributed by atoms with Crippen molar-refractivity contribution in [1.29, 1.82) is 0 Å². The van der Waals surface area contributed by atoms with Gasteiger partial charge in [-0.05, 0) is 38.5 Å². The quantitative estimate of drug-likeness (QED) is 0.401. The number of carbonyl (C=O) groups excluding carboxylic acids is 2. The minimum absolute atomic E-state index is 0.0244. The van der Waals surface area contributed by atoms with Crippen molar-refractivity contribution in [2.45, 2.75) is 45.3 Å². The number of carbonyl (C=O) groups is 2. The Hall–Kier alpha value is -3.08. The molecule has 10 nitrogen and oxygen atoms in total. The van der Waals surface area contributed by atoms with Crippen LogP contribution in [0.2, 0.25) is 0 Å². The number of amides is 2. The van der Waals surface area contributed by atoms with Gasteiger partial charge in [-0.3, -0.25) is 9.52 Å². The number of thiol groups is 1. The number of primary amides is 1. The fraction of sp³-hybridized carbons (Fsp3) is 0.389. The van der Waals surface area contributed by atoms with Gasteiger partial charge in [0.15, 0.2) is 0 Å². The number of hydrogen-bond donors (Lipinski definition) is 5. The number of ether oxygens (including phenoxy) is 1. The van der Waals surface area contributed by atoms with Gasteiger partial charge < -0.3 is 20.8 Å². The second-order valence-electron chi connectivity index (χ2n) is 7.39. The molecule has 0 bridgehead atoms. The predicted molar refractivity (Wildman–Crippen MR) is 108 cm³/mol. The van der Waals surface area contributed by atoms with E-state index in [2.05, 4.69) is 20.0 Å². The molecular weight excluding hydrogens is 398 g/mol. The van der Waals surface area contributed by atoms with Crippen molar-refractivity contribution >= 4 is 28.6 Å². The summed E-state index contributed by atoms with van der Waals surface area (Å²) >= 11 is 0. The van der Waals surface area contributed by atoms with Crippen LogP contribution in [0.5, 0.6) is 0 Å². The lowest BCUT2D eigenvalue weighted by Gasteiger charge is -2.23. The molecule has 5 N–H and O–H groups in total. The summed E-state index contributed by atoms with van der Waals surface area (Å²) in [6, 6.07) is 6.13. The molecule has 11 heteroatoms. The molecule has 0 aliphatic rings. The number of nitrogens with two attached hydrogens (primary N) is 1. The summed E-state index contributed by atoms with van der Waals surface area (Å²) in [5, 5.41) is 2.77. The van der Waals surface area contributed by atoms with E-state index in [1.165, 1.54) is 0 Å². The van der Waals surface area contributed by atoms with Crippen molar-refractivity contribution in [1.82, 2.24) is 15.3 Å². The highest BCUT2D eigenvalue weighted by Crippen LogP contribution is 2.19. The Balaban J connectivity index is 2.20. The van der Waals surface area contributed by atoms with E-state index in [0.717, 1.165) is 5.56 Å².